The highest BCUT2D eigenvalue weighted by atomic mass is 16.5. The molecular formula is C33H36N4O3. The van der Waals surface area contributed by atoms with Gasteiger partial charge in [-0.2, -0.15) is 0 Å². The number of hydroxylamine groups is 1. The summed E-state index contributed by atoms with van der Waals surface area (Å²) >= 11 is 0. The summed E-state index contributed by atoms with van der Waals surface area (Å²) in [5, 5.41) is 9.93. The van der Waals surface area contributed by atoms with Crippen molar-refractivity contribution in [2.24, 2.45) is 5.92 Å². The molecule has 4 aromatic rings. The molecule has 1 saturated heterocycles. The molecule has 206 valence electrons. The van der Waals surface area contributed by atoms with Crippen LogP contribution in [0.5, 0.6) is 0 Å². The Kier molecular flexibility index (Phi) is 7.17. The second-order valence-electron chi connectivity index (χ2n) is 11.3. The summed E-state index contributed by atoms with van der Waals surface area (Å²) in [5.41, 5.74) is 10.1. The Morgan fingerprint density at radius 1 is 0.950 bits per heavy atom. The van der Waals surface area contributed by atoms with E-state index in [2.05, 4.69) is 58.5 Å². The lowest BCUT2D eigenvalue weighted by molar-refractivity contribution is 0.0706. The predicted molar refractivity (Wildman–Crippen MR) is 157 cm³/mol. The van der Waals surface area contributed by atoms with E-state index in [1.54, 1.807) is 17.6 Å². The van der Waals surface area contributed by atoms with Crippen LogP contribution in [0.2, 0.25) is 0 Å². The van der Waals surface area contributed by atoms with E-state index in [-0.39, 0.29) is 11.7 Å². The van der Waals surface area contributed by atoms with Gasteiger partial charge in [-0.1, -0.05) is 36.4 Å². The van der Waals surface area contributed by atoms with E-state index >= 15 is 0 Å². The fourth-order valence-electron chi connectivity index (χ4n) is 6.53. The van der Waals surface area contributed by atoms with Crippen LogP contribution in [0.4, 0.5) is 5.69 Å². The summed E-state index contributed by atoms with van der Waals surface area (Å²) in [6.07, 6.45) is 1.73. The fourth-order valence-corrected chi connectivity index (χ4v) is 6.53. The third-order valence-corrected chi connectivity index (χ3v) is 8.51. The van der Waals surface area contributed by atoms with Gasteiger partial charge < -0.3 is 9.47 Å². The maximum Gasteiger partial charge on any atom is 0.274 e. The minimum Gasteiger partial charge on any atom is -0.369 e. The molecule has 1 aromatic heterocycles. The summed E-state index contributed by atoms with van der Waals surface area (Å²) in [4.78, 5) is 30.6. The minimum atomic E-state index is -0.529. The summed E-state index contributed by atoms with van der Waals surface area (Å²) in [7, 11) is 0. The van der Waals surface area contributed by atoms with Crippen LogP contribution in [0.15, 0.2) is 66.7 Å². The molecule has 7 heteroatoms. The van der Waals surface area contributed by atoms with Gasteiger partial charge in [-0.05, 0) is 73.7 Å². The van der Waals surface area contributed by atoms with Crippen LogP contribution in [-0.2, 0) is 13.0 Å². The summed E-state index contributed by atoms with van der Waals surface area (Å²) in [5.74, 6) is -0.252. The molecule has 0 spiro atoms. The van der Waals surface area contributed by atoms with E-state index in [0.717, 1.165) is 73.3 Å². The van der Waals surface area contributed by atoms with E-state index < -0.39 is 5.91 Å². The molecule has 1 aliphatic heterocycles. The van der Waals surface area contributed by atoms with Crippen LogP contribution in [-0.4, -0.2) is 59.1 Å². The number of ketones is 1. The van der Waals surface area contributed by atoms with Gasteiger partial charge in [0.2, 0.25) is 0 Å². The number of carbonyl (C=O) groups is 2. The molecule has 2 heterocycles. The number of benzene rings is 3. The Morgan fingerprint density at radius 3 is 2.35 bits per heavy atom. The second kappa shape index (κ2) is 10.9. The van der Waals surface area contributed by atoms with Gasteiger partial charge in [0, 0.05) is 78.6 Å². The molecule has 1 unspecified atom stereocenters. The Hall–Kier alpha value is -3.94. The number of nitrogens with zero attached hydrogens (tertiary/aromatic N) is 3. The molecule has 0 radical (unpaired) electrons. The van der Waals surface area contributed by atoms with Gasteiger partial charge in [-0.25, -0.2) is 5.48 Å². The van der Waals surface area contributed by atoms with Crippen molar-refractivity contribution in [3.63, 3.8) is 0 Å². The quantitative estimate of drug-likeness (QED) is 0.268. The lowest BCUT2D eigenvalue weighted by Crippen LogP contribution is -2.49. The van der Waals surface area contributed by atoms with E-state index in [1.165, 1.54) is 16.8 Å². The number of hydrogen-bond donors (Lipinski definition) is 2. The van der Waals surface area contributed by atoms with E-state index in [0.29, 0.717) is 12.1 Å². The fraction of sp³-hybridized carbons (Fsp3) is 0.333. The molecule has 3 aromatic carbocycles. The number of amides is 1. The first-order chi connectivity index (χ1) is 19.4. The number of nitrogens with one attached hydrogen (secondary N) is 1. The number of carbonyl (C=O) groups excluding carboxylic acids is 2. The van der Waals surface area contributed by atoms with E-state index in [4.69, 9.17) is 5.21 Å². The van der Waals surface area contributed by atoms with Crippen molar-refractivity contribution in [2.75, 3.05) is 37.6 Å². The van der Waals surface area contributed by atoms with Crippen LogP contribution in [0.1, 0.15) is 49.5 Å². The number of aromatic nitrogens is 1. The van der Waals surface area contributed by atoms with Crippen molar-refractivity contribution in [3.05, 3.63) is 100 Å². The van der Waals surface area contributed by atoms with Crippen LogP contribution < -0.4 is 10.4 Å². The van der Waals surface area contributed by atoms with Gasteiger partial charge in [0.25, 0.3) is 5.91 Å². The number of piperazine rings is 1. The number of fused-ring (bicyclic) bond motifs is 3. The highest BCUT2D eigenvalue weighted by Gasteiger charge is 2.34. The molecule has 1 fully saturated rings. The summed E-state index contributed by atoms with van der Waals surface area (Å²) < 4.78 is 2.27. The number of rotatable bonds is 6. The molecule has 2 aliphatic rings. The molecule has 1 aliphatic carbocycles. The molecule has 1 atom stereocenters. The number of hydrogen-bond acceptors (Lipinski definition) is 5. The summed E-state index contributed by atoms with van der Waals surface area (Å²) in [6, 6.07) is 22.2. The van der Waals surface area contributed by atoms with Gasteiger partial charge in [0.1, 0.15) is 0 Å². The van der Waals surface area contributed by atoms with Gasteiger partial charge in [0.15, 0.2) is 5.78 Å². The average molecular weight is 537 g/mol. The molecule has 0 bridgehead atoms. The van der Waals surface area contributed by atoms with Gasteiger partial charge in [-0.15, -0.1) is 0 Å². The third-order valence-electron chi connectivity index (χ3n) is 8.51. The summed E-state index contributed by atoms with van der Waals surface area (Å²) in [6.45, 7) is 9.64. The van der Waals surface area contributed by atoms with Crippen molar-refractivity contribution in [3.8, 4) is 0 Å². The standard InChI is InChI=1S/C33H36N4O3/c1-22-17-23(2)19-27(18-22)36-15-13-35(14-16-36)21-26-11-12-30-31(32(26)38)28-5-3-4-6-29(28)37(30)20-24-7-9-25(10-8-24)33(39)34-40/h3-10,17-19,26,40H,11-16,20-21H2,1-2H3,(H,34,39). The number of aryl methyl sites for hydroxylation is 2. The number of para-hydroxylation sites is 1. The Labute approximate surface area is 235 Å². The van der Waals surface area contributed by atoms with Gasteiger partial charge in [-0.3, -0.25) is 19.7 Å². The third kappa shape index (κ3) is 5.03. The minimum absolute atomic E-state index is 0.01000. The van der Waals surface area contributed by atoms with Crippen molar-refractivity contribution >= 4 is 28.3 Å². The van der Waals surface area contributed by atoms with Crippen LogP contribution in [0.25, 0.3) is 10.9 Å². The SMILES string of the molecule is Cc1cc(C)cc(N2CCN(CC3CCc4c(c5ccccc5n4Cc4ccc(C(=O)NO)cc4)C3=O)CC2)c1. The highest BCUT2D eigenvalue weighted by molar-refractivity contribution is 6.11. The topological polar surface area (TPSA) is 77.8 Å². The van der Waals surface area contributed by atoms with Crippen molar-refractivity contribution in [1.29, 1.82) is 0 Å². The predicted octanol–water partition coefficient (Wildman–Crippen LogP) is 4.99. The van der Waals surface area contributed by atoms with Gasteiger partial charge in [0.05, 0.1) is 0 Å². The zero-order chi connectivity index (χ0) is 27.8. The first-order valence-corrected chi connectivity index (χ1v) is 14.1. The monoisotopic (exact) mass is 536 g/mol. The van der Waals surface area contributed by atoms with Crippen molar-refractivity contribution in [2.45, 2.75) is 33.2 Å². The normalized spacial score (nSPS) is 17.7. The first kappa shape index (κ1) is 26.3. The maximum absolute atomic E-state index is 14.0. The second-order valence-corrected chi connectivity index (χ2v) is 11.3. The van der Waals surface area contributed by atoms with E-state index in [9.17, 15) is 9.59 Å². The Balaban J connectivity index is 1.18. The molecule has 1 amide bonds. The van der Waals surface area contributed by atoms with E-state index in [1.807, 2.05) is 24.3 Å². The largest absolute Gasteiger partial charge is 0.369 e. The molecule has 6 rings (SSSR count). The molecule has 7 nitrogen and oxygen atoms in total. The van der Waals surface area contributed by atoms with Crippen LogP contribution >= 0.6 is 0 Å². The molecule has 2 N–H and O–H groups in total. The Morgan fingerprint density at radius 2 is 1.65 bits per heavy atom. The lowest BCUT2D eigenvalue weighted by Gasteiger charge is -2.38. The molecule has 40 heavy (non-hydrogen) atoms. The van der Waals surface area contributed by atoms with Crippen LogP contribution in [0.3, 0.4) is 0 Å². The zero-order valence-electron chi connectivity index (χ0n) is 23.2. The number of anilines is 1. The zero-order valence-corrected chi connectivity index (χ0v) is 23.2. The first-order valence-electron chi connectivity index (χ1n) is 14.1. The molecular weight excluding hydrogens is 500 g/mol. The lowest BCUT2D eigenvalue weighted by atomic mass is 9.84. The Bertz CT molecular complexity index is 1540. The smallest absolute Gasteiger partial charge is 0.274 e. The van der Waals surface area contributed by atoms with Crippen LogP contribution in [0, 0.1) is 19.8 Å². The molecule has 0 saturated carbocycles. The number of Topliss-reactive ketones (excluding diaryl/α,β-unsaturated/α-hetero) is 1. The maximum atomic E-state index is 14.0. The van der Waals surface area contributed by atoms with Crippen molar-refractivity contribution < 1.29 is 14.8 Å². The van der Waals surface area contributed by atoms with Crippen molar-refractivity contribution in [1.82, 2.24) is 14.9 Å². The van der Waals surface area contributed by atoms with Gasteiger partial charge >= 0.3 is 0 Å². The highest BCUT2D eigenvalue weighted by Crippen LogP contribution is 2.35. The average Bonchev–Trinajstić information content (AvgIpc) is 3.28.